The fourth-order valence-electron chi connectivity index (χ4n) is 3.38. The van der Waals surface area contributed by atoms with Gasteiger partial charge in [0.15, 0.2) is 0 Å². The van der Waals surface area contributed by atoms with Crippen LogP contribution in [-0.4, -0.2) is 47.8 Å². The average molecular weight is 785 g/mol. The summed E-state index contributed by atoms with van der Waals surface area (Å²) < 4.78 is 0. The smallest absolute Gasteiger partial charge is 0.545 e. The van der Waals surface area contributed by atoms with E-state index in [9.17, 15) is 79.2 Å². The van der Waals surface area contributed by atoms with Crippen molar-refractivity contribution in [3.8, 4) is 0 Å². The molecule has 24 heteroatoms. The monoisotopic (exact) mass is 784 g/mol. The molecule has 0 aliphatic carbocycles. The largest absolute Gasteiger partial charge is 1.00 e. The molecule has 0 fully saturated rings. The standard InChI is InChI=1S/C18H8O16.8K/c19-11(20)3-1-2(5(13(23)24)9(17(31)32)7(3)15(27)28)6(14(25)26)10(18(33)34)8(16(29)30)4(1)12(21)22;;;;;;;;/h(H,19,20)(H,21,22)(H,23,24)(H,25,26)(H,27,28)(H,29,30)(H,31,32)(H,33,34);;;;;;;;/q;8*+1/p-8. The molecule has 176 valence electrons. The maximum atomic E-state index is 11.7. The van der Waals surface area contributed by atoms with Crippen molar-refractivity contribution in [3.05, 3.63) is 44.5 Å². The van der Waals surface area contributed by atoms with Crippen LogP contribution in [0.4, 0.5) is 0 Å². The van der Waals surface area contributed by atoms with Gasteiger partial charge in [0.05, 0.1) is 47.8 Å². The number of benzene rings is 2. The molecule has 0 aromatic heterocycles. The molecule has 0 aliphatic rings. The molecule has 0 saturated heterocycles. The van der Waals surface area contributed by atoms with Crippen molar-refractivity contribution in [1.29, 1.82) is 0 Å². The molecule has 0 N–H and O–H groups in total. The first-order valence-electron chi connectivity index (χ1n) is 8.02. The molecule has 2 aromatic rings. The number of carboxylic acids is 8. The Bertz CT molecular complexity index is 1230. The van der Waals surface area contributed by atoms with Crippen molar-refractivity contribution in [2.24, 2.45) is 0 Å². The molecule has 0 radical (unpaired) electrons. The van der Waals surface area contributed by atoms with E-state index in [4.69, 9.17) is 0 Å². The second-order valence-corrected chi connectivity index (χ2v) is 6.05. The number of carboxylic acid groups (broad SMARTS) is 8. The molecule has 16 nitrogen and oxygen atoms in total. The molecule has 0 spiro atoms. The van der Waals surface area contributed by atoms with E-state index in [2.05, 4.69) is 0 Å². The summed E-state index contributed by atoms with van der Waals surface area (Å²) in [6.07, 6.45) is 0. The van der Waals surface area contributed by atoms with Gasteiger partial charge in [-0.2, -0.15) is 0 Å². The summed E-state index contributed by atoms with van der Waals surface area (Å²) >= 11 is 0. The molecule has 0 saturated carbocycles. The van der Waals surface area contributed by atoms with Crippen LogP contribution in [0, 0.1) is 0 Å². The van der Waals surface area contributed by atoms with Crippen LogP contribution in [0.2, 0.25) is 0 Å². The van der Waals surface area contributed by atoms with Gasteiger partial charge in [-0.15, -0.1) is 0 Å². The Morgan fingerprint density at radius 2 is 0.333 bits per heavy atom. The first-order valence-corrected chi connectivity index (χ1v) is 8.02. The van der Waals surface area contributed by atoms with E-state index in [1.807, 2.05) is 0 Å². The Kier molecular flexibility index (Phi) is 44.5. The van der Waals surface area contributed by atoms with Gasteiger partial charge in [0, 0.05) is 55.3 Å². The van der Waals surface area contributed by atoms with E-state index in [0.29, 0.717) is 0 Å². The number of carbonyl (C=O) groups excluding carboxylic acids is 8. The molecule has 2 aromatic carbocycles. The maximum absolute atomic E-state index is 11.7. The first kappa shape index (κ1) is 64.5. The predicted octanol–water partition coefficient (Wildman–Crippen LogP) is -34.2. The van der Waals surface area contributed by atoms with Gasteiger partial charge in [0.25, 0.3) is 0 Å². The zero-order valence-electron chi connectivity index (χ0n) is 23.5. The van der Waals surface area contributed by atoms with E-state index in [0.717, 1.165) is 0 Å². The fourth-order valence-corrected chi connectivity index (χ4v) is 3.38. The van der Waals surface area contributed by atoms with Crippen molar-refractivity contribution in [2.75, 3.05) is 0 Å². The number of hydrogen-bond acceptors (Lipinski definition) is 16. The van der Waals surface area contributed by atoms with E-state index >= 15 is 0 Å². The molecule has 0 unspecified atom stereocenters. The number of fused-ring (bicyclic) bond motifs is 1. The van der Waals surface area contributed by atoms with E-state index < -0.39 is 103 Å². The quantitative estimate of drug-likeness (QED) is 0.224. The van der Waals surface area contributed by atoms with Crippen LogP contribution in [-0.2, 0) is 0 Å². The molecule has 0 bridgehead atoms. The van der Waals surface area contributed by atoms with Crippen molar-refractivity contribution in [3.63, 3.8) is 0 Å². The minimum Gasteiger partial charge on any atom is -0.545 e. The molecular formula is C18K8O16. The van der Waals surface area contributed by atoms with Gasteiger partial charge in [0.2, 0.25) is 0 Å². The SMILES string of the molecule is O=C([O-])c1c(C(=O)[O-])c(C(=O)[O-])c2c(C(=O)[O-])c(C(=O)[O-])c(C(=O)[O-])c(C(=O)[O-])c2c1C(=O)[O-].[K+].[K+].[K+].[K+].[K+].[K+].[K+].[K+]. The van der Waals surface area contributed by atoms with Crippen LogP contribution in [0.25, 0.3) is 10.8 Å². The number of hydrogen-bond donors (Lipinski definition) is 0. The molecule has 0 atom stereocenters. The average Bonchev–Trinajstić information content (AvgIpc) is 2.68. The van der Waals surface area contributed by atoms with Gasteiger partial charge in [0.1, 0.15) is 0 Å². The van der Waals surface area contributed by atoms with Crippen molar-refractivity contribution < 1.29 is 490 Å². The van der Waals surface area contributed by atoms with Crippen LogP contribution < -0.4 is 452 Å². The van der Waals surface area contributed by atoms with Gasteiger partial charge in [-0.3, -0.25) is 0 Å². The second kappa shape index (κ2) is 29.0. The van der Waals surface area contributed by atoms with Crippen LogP contribution in [0.5, 0.6) is 0 Å². The Balaban J connectivity index is -0.000000306. The molecule has 42 heavy (non-hydrogen) atoms. The normalized spacial score (nSPS) is 8.48. The van der Waals surface area contributed by atoms with Crippen LogP contribution in [0.1, 0.15) is 82.9 Å². The summed E-state index contributed by atoms with van der Waals surface area (Å²) in [6, 6.07) is 0. The minimum absolute atomic E-state index is 0. The Morgan fingerprint density at radius 1 is 0.238 bits per heavy atom. The van der Waals surface area contributed by atoms with Crippen molar-refractivity contribution in [2.45, 2.75) is 0 Å². The third-order valence-electron chi connectivity index (χ3n) is 4.38. The van der Waals surface area contributed by atoms with Crippen LogP contribution >= 0.6 is 0 Å². The first-order chi connectivity index (χ1) is 15.6. The third kappa shape index (κ3) is 14.8. The third-order valence-corrected chi connectivity index (χ3v) is 4.38. The second-order valence-electron chi connectivity index (χ2n) is 6.05. The van der Waals surface area contributed by atoms with Gasteiger partial charge in [-0.05, 0) is 0 Å². The van der Waals surface area contributed by atoms with Gasteiger partial charge < -0.3 is 79.2 Å². The predicted molar refractivity (Wildman–Crippen MR) is 78.6 cm³/mol. The maximum Gasteiger partial charge on any atom is 1.00 e. The van der Waals surface area contributed by atoms with Gasteiger partial charge in [-0.25, -0.2) is 0 Å². The Morgan fingerprint density at radius 3 is 0.405 bits per heavy atom. The molecule has 2 rings (SSSR count). The zero-order valence-corrected chi connectivity index (χ0v) is 48.5. The summed E-state index contributed by atoms with van der Waals surface area (Å²) in [5, 5.41) is 89.0. The number of carbonyl (C=O) groups is 8. The topological polar surface area (TPSA) is 321 Å². The minimum atomic E-state index is -2.84. The van der Waals surface area contributed by atoms with Crippen molar-refractivity contribution in [1.82, 2.24) is 0 Å². The number of aromatic carboxylic acids is 8. The molecule has 0 amide bonds. The summed E-state index contributed by atoms with van der Waals surface area (Å²) in [5.41, 5.74) is -17.3. The number of rotatable bonds is 8. The zero-order chi connectivity index (χ0) is 26.4. The van der Waals surface area contributed by atoms with E-state index in [1.54, 1.807) is 0 Å². The van der Waals surface area contributed by atoms with Crippen LogP contribution in [0.3, 0.4) is 0 Å². The summed E-state index contributed by atoms with van der Waals surface area (Å²) in [7, 11) is 0. The fraction of sp³-hybridized carbons (Fsp3) is 0. The van der Waals surface area contributed by atoms with Gasteiger partial charge in [-0.1, -0.05) is 0 Å². The molecule has 0 aliphatic heterocycles. The molecular weight excluding hydrogens is 785 g/mol. The van der Waals surface area contributed by atoms with Crippen LogP contribution in [0.15, 0.2) is 0 Å². The Labute approximate surface area is 574 Å². The summed E-state index contributed by atoms with van der Waals surface area (Å²) in [5.74, 6) is -22.7. The van der Waals surface area contributed by atoms with Crippen molar-refractivity contribution >= 4 is 58.5 Å². The summed E-state index contributed by atoms with van der Waals surface area (Å²) in [4.78, 5) is 93.0. The summed E-state index contributed by atoms with van der Waals surface area (Å²) in [6.45, 7) is 0. The molecule has 0 heterocycles. The Hall–Kier alpha value is 7.55. The van der Waals surface area contributed by atoms with E-state index in [1.165, 1.54) is 0 Å². The van der Waals surface area contributed by atoms with Gasteiger partial charge >= 0.3 is 411 Å². The van der Waals surface area contributed by atoms with E-state index in [-0.39, 0.29) is 411 Å².